The lowest BCUT2D eigenvalue weighted by atomic mass is 9.90. The largest absolute Gasteiger partial charge is 0.490 e. The SMILES string of the molecule is CCC(C)(C)CNCc1ccc(OC)c([N+](=O)[O-])c1. The summed E-state index contributed by atoms with van der Waals surface area (Å²) in [4.78, 5) is 10.5. The second-order valence-corrected chi connectivity index (χ2v) is 5.38. The van der Waals surface area contributed by atoms with E-state index in [1.165, 1.54) is 7.11 Å². The summed E-state index contributed by atoms with van der Waals surface area (Å²) in [5.41, 5.74) is 1.13. The lowest BCUT2D eigenvalue weighted by Gasteiger charge is -2.23. The Balaban J connectivity index is 2.70. The highest BCUT2D eigenvalue weighted by molar-refractivity contribution is 5.48. The van der Waals surface area contributed by atoms with Crippen LogP contribution in [0.5, 0.6) is 5.75 Å². The molecule has 0 radical (unpaired) electrons. The Hall–Kier alpha value is -1.62. The van der Waals surface area contributed by atoms with Crippen molar-refractivity contribution < 1.29 is 9.66 Å². The molecule has 106 valence electrons. The van der Waals surface area contributed by atoms with E-state index in [1.54, 1.807) is 12.1 Å². The Bertz CT molecular complexity index is 444. The van der Waals surface area contributed by atoms with Gasteiger partial charge in [-0.2, -0.15) is 0 Å². The number of nitro benzene ring substituents is 1. The Morgan fingerprint density at radius 2 is 2.11 bits per heavy atom. The number of benzene rings is 1. The van der Waals surface area contributed by atoms with Gasteiger partial charge in [-0.15, -0.1) is 0 Å². The van der Waals surface area contributed by atoms with Crippen molar-refractivity contribution >= 4 is 5.69 Å². The summed E-state index contributed by atoms with van der Waals surface area (Å²) < 4.78 is 4.98. The zero-order valence-corrected chi connectivity index (χ0v) is 12.0. The fourth-order valence-corrected chi connectivity index (χ4v) is 1.66. The van der Waals surface area contributed by atoms with Crippen LogP contribution in [0.25, 0.3) is 0 Å². The minimum Gasteiger partial charge on any atom is -0.490 e. The van der Waals surface area contributed by atoms with Crippen LogP contribution in [0.2, 0.25) is 0 Å². The van der Waals surface area contributed by atoms with Crippen LogP contribution in [-0.4, -0.2) is 18.6 Å². The fraction of sp³-hybridized carbons (Fsp3) is 0.571. The third-order valence-corrected chi connectivity index (χ3v) is 3.33. The topological polar surface area (TPSA) is 64.4 Å². The first-order valence-corrected chi connectivity index (χ1v) is 6.41. The van der Waals surface area contributed by atoms with Gasteiger partial charge in [0, 0.05) is 19.2 Å². The summed E-state index contributed by atoms with van der Waals surface area (Å²) in [5.74, 6) is 0.294. The average Bonchev–Trinajstić information content (AvgIpc) is 2.38. The molecule has 0 unspecified atom stereocenters. The van der Waals surface area contributed by atoms with Gasteiger partial charge >= 0.3 is 5.69 Å². The highest BCUT2D eigenvalue weighted by Gasteiger charge is 2.16. The van der Waals surface area contributed by atoms with Gasteiger partial charge in [-0.1, -0.05) is 26.8 Å². The lowest BCUT2D eigenvalue weighted by molar-refractivity contribution is -0.385. The van der Waals surface area contributed by atoms with Crippen LogP contribution < -0.4 is 10.1 Å². The molecule has 0 heterocycles. The van der Waals surface area contributed by atoms with Crippen molar-refractivity contribution in [2.75, 3.05) is 13.7 Å². The van der Waals surface area contributed by atoms with Crippen molar-refractivity contribution in [3.63, 3.8) is 0 Å². The average molecular weight is 266 g/mol. The maximum atomic E-state index is 10.9. The molecule has 0 saturated carbocycles. The van der Waals surface area contributed by atoms with Crippen LogP contribution in [0, 0.1) is 15.5 Å². The second kappa shape index (κ2) is 6.52. The number of nitrogens with one attached hydrogen (secondary N) is 1. The molecule has 19 heavy (non-hydrogen) atoms. The molecule has 0 aliphatic rings. The quantitative estimate of drug-likeness (QED) is 0.608. The molecule has 0 spiro atoms. The molecule has 0 aliphatic carbocycles. The van der Waals surface area contributed by atoms with Crippen molar-refractivity contribution in [2.45, 2.75) is 33.7 Å². The number of hydrogen-bond acceptors (Lipinski definition) is 4. The zero-order valence-electron chi connectivity index (χ0n) is 12.0. The summed E-state index contributed by atoms with van der Waals surface area (Å²) in [6.45, 7) is 8.03. The van der Waals surface area contributed by atoms with E-state index in [-0.39, 0.29) is 11.1 Å². The van der Waals surface area contributed by atoms with Crippen LogP contribution >= 0.6 is 0 Å². The molecule has 1 N–H and O–H groups in total. The van der Waals surface area contributed by atoms with E-state index in [2.05, 4.69) is 26.1 Å². The Morgan fingerprint density at radius 3 is 2.63 bits per heavy atom. The summed E-state index contributed by atoms with van der Waals surface area (Å²) in [6, 6.07) is 5.04. The molecule has 0 aliphatic heterocycles. The third kappa shape index (κ3) is 4.52. The van der Waals surface area contributed by atoms with Crippen molar-refractivity contribution in [3.05, 3.63) is 33.9 Å². The molecule has 0 atom stereocenters. The van der Waals surface area contributed by atoms with Crippen LogP contribution in [0.15, 0.2) is 18.2 Å². The van der Waals surface area contributed by atoms with Crippen molar-refractivity contribution in [1.29, 1.82) is 0 Å². The first-order valence-electron chi connectivity index (χ1n) is 6.41. The minimum absolute atomic E-state index is 0.0107. The van der Waals surface area contributed by atoms with Crippen molar-refractivity contribution in [3.8, 4) is 5.75 Å². The van der Waals surface area contributed by atoms with E-state index >= 15 is 0 Å². The van der Waals surface area contributed by atoms with Gasteiger partial charge in [-0.05, 0) is 23.5 Å². The van der Waals surface area contributed by atoms with Crippen LogP contribution in [0.4, 0.5) is 5.69 Å². The summed E-state index contributed by atoms with van der Waals surface area (Å²) in [5, 5.41) is 14.3. The van der Waals surface area contributed by atoms with Gasteiger partial charge < -0.3 is 10.1 Å². The number of methoxy groups -OCH3 is 1. The minimum atomic E-state index is -0.418. The summed E-state index contributed by atoms with van der Waals surface area (Å²) in [6.07, 6.45) is 1.09. The van der Waals surface area contributed by atoms with E-state index in [1.807, 2.05) is 6.07 Å². The molecule has 1 aromatic rings. The van der Waals surface area contributed by atoms with Crippen LogP contribution in [0.3, 0.4) is 0 Å². The maximum absolute atomic E-state index is 10.9. The van der Waals surface area contributed by atoms with E-state index in [9.17, 15) is 10.1 Å². The molecule has 0 fully saturated rings. The molecular weight excluding hydrogens is 244 g/mol. The molecular formula is C14H22N2O3. The zero-order chi connectivity index (χ0) is 14.5. The molecule has 0 saturated heterocycles. The molecule has 0 amide bonds. The number of nitrogens with zero attached hydrogens (tertiary/aromatic N) is 1. The highest BCUT2D eigenvalue weighted by Crippen LogP contribution is 2.27. The number of rotatable bonds is 7. The Labute approximate surface area is 114 Å². The van der Waals surface area contributed by atoms with Gasteiger partial charge in [0.05, 0.1) is 12.0 Å². The van der Waals surface area contributed by atoms with Gasteiger partial charge in [-0.3, -0.25) is 10.1 Å². The normalized spacial score (nSPS) is 11.4. The van der Waals surface area contributed by atoms with Crippen LogP contribution in [-0.2, 0) is 6.54 Å². The molecule has 5 heteroatoms. The first kappa shape index (κ1) is 15.4. The standard InChI is InChI=1S/C14H22N2O3/c1-5-14(2,3)10-15-9-11-6-7-13(19-4)12(8-11)16(17)18/h6-8,15H,5,9-10H2,1-4H3. The lowest BCUT2D eigenvalue weighted by Crippen LogP contribution is -2.28. The third-order valence-electron chi connectivity index (χ3n) is 3.33. The van der Waals surface area contributed by atoms with Gasteiger partial charge in [0.15, 0.2) is 5.75 Å². The van der Waals surface area contributed by atoms with E-state index in [4.69, 9.17) is 4.74 Å². The first-order chi connectivity index (χ1) is 8.89. The van der Waals surface area contributed by atoms with Gasteiger partial charge in [-0.25, -0.2) is 0 Å². The monoisotopic (exact) mass is 266 g/mol. The fourth-order valence-electron chi connectivity index (χ4n) is 1.66. The number of nitro groups is 1. The van der Waals surface area contributed by atoms with Gasteiger partial charge in [0.25, 0.3) is 0 Å². The smallest absolute Gasteiger partial charge is 0.311 e. The summed E-state index contributed by atoms with van der Waals surface area (Å²) in [7, 11) is 1.43. The van der Waals surface area contributed by atoms with Gasteiger partial charge in [0.2, 0.25) is 0 Å². The Kier molecular flexibility index (Phi) is 5.30. The van der Waals surface area contributed by atoms with E-state index < -0.39 is 4.92 Å². The van der Waals surface area contributed by atoms with E-state index in [0.29, 0.717) is 12.3 Å². The van der Waals surface area contributed by atoms with E-state index in [0.717, 1.165) is 18.5 Å². The van der Waals surface area contributed by atoms with Gasteiger partial charge in [0.1, 0.15) is 0 Å². The van der Waals surface area contributed by atoms with Crippen molar-refractivity contribution in [2.24, 2.45) is 5.41 Å². The summed E-state index contributed by atoms with van der Waals surface area (Å²) >= 11 is 0. The Morgan fingerprint density at radius 1 is 1.42 bits per heavy atom. The molecule has 0 aromatic heterocycles. The van der Waals surface area contributed by atoms with Crippen molar-refractivity contribution in [1.82, 2.24) is 5.32 Å². The molecule has 5 nitrogen and oxygen atoms in total. The predicted octanol–water partition coefficient (Wildman–Crippen LogP) is 3.13. The molecule has 0 bridgehead atoms. The molecule has 1 rings (SSSR count). The molecule has 1 aromatic carbocycles. The van der Waals surface area contributed by atoms with Crippen LogP contribution in [0.1, 0.15) is 32.8 Å². The predicted molar refractivity (Wildman–Crippen MR) is 75.4 cm³/mol. The maximum Gasteiger partial charge on any atom is 0.311 e. The number of hydrogen-bond donors (Lipinski definition) is 1. The number of ether oxygens (including phenoxy) is 1. The second-order valence-electron chi connectivity index (χ2n) is 5.38. The highest BCUT2D eigenvalue weighted by atomic mass is 16.6.